The Kier molecular flexibility index (Phi) is 4.84. The Morgan fingerprint density at radius 2 is 1.80 bits per heavy atom. The lowest BCUT2D eigenvalue weighted by molar-refractivity contribution is -0.144. The fourth-order valence-corrected chi connectivity index (χ4v) is 2.40. The van der Waals surface area contributed by atoms with Gasteiger partial charge in [0.25, 0.3) is 0 Å². The summed E-state index contributed by atoms with van der Waals surface area (Å²) in [7, 11) is 0. The van der Waals surface area contributed by atoms with Crippen LogP contribution in [0.1, 0.15) is 21.7 Å². The molecular weight excluding hydrogens is 320 g/mol. The lowest BCUT2D eigenvalue weighted by Gasteiger charge is -2.10. The number of carbonyl (C=O) groups excluding carboxylic acids is 2. The van der Waals surface area contributed by atoms with E-state index in [1.165, 1.54) is 0 Å². The molecule has 0 atom stereocenters. The molecule has 128 valence electrons. The lowest BCUT2D eigenvalue weighted by atomic mass is 10.1. The highest BCUT2D eigenvalue weighted by atomic mass is 16.6. The molecule has 0 bridgehead atoms. The molecule has 0 unspecified atom stereocenters. The van der Waals surface area contributed by atoms with Gasteiger partial charge in [-0.2, -0.15) is 0 Å². The summed E-state index contributed by atoms with van der Waals surface area (Å²) in [6.45, 7) is 3.25. The first-order valence-corrected chi connectivity index (χ1v) is 7.91. The molecule has 2 aromatic carbocycles. The summed E-state index contributed by atoms with van der Waals surface area (Å²) in [5.74, 6) is -0.202. The number of ether oxygens (including phenoxy) is 2. The number of ketones is 1. The predicted octanol–water partition coefficient (Wildman–Crippen LogP) is 3.85. The zero-order valence-electron chi connectivity index (χ0n) is 14.1. The van der Waals surface area contributed by atoms with Gasteiger partial charge in [-0.15, -0.1) is 0 Å². The van der Waals surface area contributed by atoms with Gasteiger partial charge < -0.3 is 13.9 Å². The van der Waals surface area contributed by atoms with E-state index >= 15 is 0 Å². The zero-order chi connectivity index (χ0) is 17.8. The first kappa shape index (κ1) is 16.8. The Bertz CT molecular complexity index is 890. The molecule has 1 aromatic heterocycles. The van der Waals surface area contributed by atoms with Crippen LogP contribution in [0, 0.1) is 13.8 Å². The molecule has 0 aliphatic carbocycles. The van der Waals surface area contributed by atoms with E-state index < -0.39 is 11.8 Å². The molecule has 0 radical (unpaired) electrons. The number of aryl methyl sites for hydroxylation is 1. The summed E-state index contributed by atoms with van der Waals surface area (Å²) in [5.41, 5.74) is 2.66. The van der Waals surface area contributed by atoms with E-state index in [4.69, 9.17) is 13.9 Å². The van der Waals surface area contributed by atoms with Crippen LogP contribution in [0.25, 0.3) is 11.0 Å². The van der Waals surface area contributed by atoms with E-state index in [-0.39, 0.29) is 19.0 Å². The average molecular weight is 338 g/mol. The van der Waals surface area contributed by atoms with Gasteiger partial charge in [-0.3, -0.25) is 4.79 Å². The molecule has 0 aliphatic rings. The molecule has 25 heavy (non-hydrogen) atoms. The van der Waals surface area contributed by atoms with E-state index in [9.17, 15) is 9.59 Å². The minimum Gasteiger partial charge on any atom is -0.482 e. The average Bonchev–Trinajstić information content (AvgIpc) is 3.05. The molecule has 5 heteroatoms. The molecule has 0 saturated carbocycles. The smallest absolute Gasteiger partial charge is 0.344 e. The normalized spacial score (nSPS) is 10.6. The van der Waals surface area contributed by atoms with Gasteiger partial charge >= 0.3 is 5.97 Å². The van der Waals surface area contributed by atoms with Crippen LogP contribution in [0.4, 0.5) is 0 Å². The summed E-state index contributed by atoms with van der Waals surface area (Å²) >= 11 is 0. The molecule has 0 aliphatic heterocycles. The van der Waals surface area contributed by atoms with Gasteiger partial charge in [-0.05, 0) is 43.2 Å². The molecule has 0 N–H and O–H groups in total. The van der Waals surface area contributed by atoms with Gasteiger partial charge in [-0.25, -0.2) is 4.79 Å². The first-order chi connectivity index (χ1) is 12.0. The lowest BCUT2D eigenvalue weighted by Crippen LogP contribution is -2.19. The van der Waals surface area contributed by atoms with Crippen molar-refractivity contribution in [3.8, 4) is 5.75 Å². The van der Waals surface area contributed by atoms with Gasteiger partial charge in [-0.1, -0.05) is 30.3 Å². The van der Waals surface area contributed by atoms with Crippen molar-refractivity contribution in [2.24, 2.45) is 0 Å². The van der Waals surface area contributed by atoms with Crippen LogP contribution in [0.5, 0.6) is 5.75 Å². The Morgan fingerprint density at radius 3 is 2.60 bits per heavy atom. The summed E-state index contributed by atoms with van der Waals surface area (Å²) in [5, 5.41) is 0.829. The maximum absolute atomic E-state index is 12.1. The van der Waals surface area contributed by atoms with Crippen LogP contribution < -0.4 is 4.74 Å². The highest BCUT2D eigenvalue weighted by Gasteiger charge is 2.15. The number of rotatable bonds is 6. The van der Waals surface area contributed by atoms with E-state index in [2.05, 4.69) is 0 Å². The van der Waals surface area contributed by atoms with Crippen molar-refractivity contribution >= 4 is 22.7 Å². The van der Waals surface area contributed by atoms with Crippen LogP contribution in [0.2, 0.25) is 0 Å². The second-order valence-electron chi connectivity index (χ2n) is 5.72. The maximum Gasteiger partial charge on any atom is 0.344 e. The number of para-hydroxylation sites is 1. The molecule has 0 fully saturated rings. The molecular formula is C20H18O5. The summed E-state index contributed by atoms with van der Waals surface area (Å²) in [6, 6.07) is 14.5. The fourth-order valence-electron chi connectivity index (χ4n) is 2.40. The predicted molar refractivity (Wildman–Crippen MR) is 92.9 cm³/mol. The van der Waals surface area contributed by atoms with Crippen molar-refractivity contribution in [1.82, 2.24) is 0 Å². The Labute approximate surface area is 145 Å². The second-order valence-corrected chi connectivity index (χ2v) is 5.72. The van der Waals surface area contributed by atoms with Crippen LogP contribution in [-0.4, -0.2) is 25.0 Å². The first-order valence-electron chi connectivity index (χ1n) is 7.91. The van der Waals surface area contributed by atoms with Crippen molar-refractivity contribution in [1.29, 1.82) is 0 Å². The molecule has 0 spiro atoms. The largest absolute Gasteiger partial charge is 0.482 e. The number of furan rings is 1. The van der Waals surface area contributed by atoms with E-state index in [1.54, 1.807) is 18.2 Å². The maximum atomic E-state index is 12.1. The number of benzene rings is 2. The quantitative estimate of drug-likeness (QED) is 0.504. The Balaban J connectivity index is 1.53. The van der Waals surface area contributed by atoms with Crippen LogP contribution >= 0.6 is 0 Å². The van der Waals surface area contributed by atoms with Crippen molar-refractivity contribution in [2.45, 2.75) is 13.8 Å². The SMILES string of the molecule is Cc1cccc(OCC(=O)OCC(=O)c2cc3ccccc3o2)c1C. The topological polar surface area (TPSA) is 65.7 Å². The van der Waals surface area contributed by atoms with Gasteiger partial charge in [0.05, 0.1) is 0 Å². The molecule has 3 rings (SSSR count). The van der Waals surface area contributed by atoms with Gasteiger partial charge in [0.15, 0.2) is 19.0 Å². The standard InChI is InChI=1S/C20H18O5/c1-13-6-5-9-17(14(13)2)23-12-20(22)24-11-16(21)19-10-15-7-3-4-8-18(15)25-19/h3-10H,11-12H2,1-2H3. The highest BCUT2D eigenvalue weighted by molar-refractivity contribution is 5.99. The number of fused-ring (bicyclic) bond motifs is 1. The van der Waals surface area contributed by atoms with Crippen molar-refractivity contribution in [2.75, 3.05) is 13.2 Å². The fraction of sp³-hybridized carbons (Fsp3) is 0.200. The summed E-state index contributed by atoms with van der Waals surface area (Å²) < 4.78 is 15.9. The number of hydrogen-bond donors (Lipinski definition) is 0. The third-order valence-corrected chi connectivity index (χ3v) is 3.97. The van der Waals surface area contributed by atoms with Crippen LogP contribution in [0.3, 0.4) is 0 Å². The van der Waals surface area contributed by atoms with Gasteiger partial charge in [0.1, 0.15) is 11.3 Å². The van der Waals surface area contributed by atoms with E-state index in [1.807, 2.05) is 44.2 Å². The van der Waals surface area contributed by atoms with Crippen molar-refractivity contribution in [3.05, 3.63) is 65.4 Å². The molecule has 0 amide bonds. The van der Waals surface area contributed by atoms with E-state index in [0.717, 1.165) is 16.5 Å². The Morgan fingerprint density at radius 1 is 1.00 bits per heavy atom. The number of carbonyl (C=O) groups is 2. The minimum absolute atomic E-state index is 0.171. The third-order valence-electron chi connectivity index (χ3n) is 3.97. The van der Waals surface area contributed by atoms with Crippen molar-refractivity contribution < 1.29 is 23.5 Å². The second kappa shape index (κ2) is 7.21. The number of esters is 1. The molecule has 1 heterocycles. The highest BCUT2D eigenvalue weighted by Crippen LogP contribution is 2.21. The number of hydrogen-bond acceptors (Lipinski definition) is 5. The van der Waals surface area contributed by atoms with E-state index in [0.29, 0.717) is 11.3 Å². The van der Waals surface area contributed by atoms with Crippen LogP contribution in [0.15, 0.2) is 52.9 Å². The van der Waals surface area contributed by atoms with Gasteiger partial charge in [0.2, 0.25) is 5.78 Å². The zero-order valence-corrected chi connectivity index (χ0v) is 14.1. The minimum atomic E-state index is -0.606. The monoisotopic (exact) mass is 338 g/mol. The van der Waals surface area contributed by atoms with Gasteiger partial charge in [0, 0.05) is 5.39 Å². The Hall–Kier alpha value is -3.08. The van der Waals surface area contributed by atoms with Crippen LogP contribution in [-0.2, 0) is 9.53 Å². The van der Waals surface area contributed by atoms with Crippen molar-refractivity contribution in [3.63, 3.8) is 0 Å². The number of Topliss-reactive ketones (excluding diaryl/α,β-unsaturated/α-hetero) is 1. The summed E-state index contributed by atoms with van der Waals surface area (Å²) in [4.78, 5) is 23.9. The summed E-state index contributed by atoms with van der Waals surface area (Å²) in [6.07, 6.45) is 0. The third kappa shape index (κ3) is 3.88. The molecule has 5 nitrogen and oxygen atoms in total. The molecule has 0 saturated heterocycles. The molecule has 3 aromatic rings.